The zero-order chi connectivity index (χ0) is 24.3. The Morgan fingerprint density at radius 1 is 0.970 bits per heavy atom. The summed E-state index contributed by atoms with van der Waals surface area (Å²) in [6.45, 7) is 12.8. The Morgan fingerprint density at radius 2 is 1.48 bits per heavy atom. The zero-order valence-electron chi connectivity index (χ0n) is 20.8. The van der Waals surface area contributed by atoms with Crippen LogP contribution in [0, 0.1) is 12.3 Å². The van der Waals surface area contributed by atoms with Crippen LogP contribution >= 0.6 is 0 Å². The van der Waals surface area contributed by atoms with E-state index in [2.05, 4.69) is 75.2 Å². The molecule has 1 heterocycles. The van der Waals surface area contributed by atoms with Crippen LogP contribution < -0.4 is 10.4 Å². The number of amides is 1. The van der Waals surface area contributed by atoms with Crippen LogP contribution in [0.25, 0.3) is 0 Å². The highest BCUT2D eigenvalue weighted by Gasteiger charge is 2.51. The lowest BCUT2D eigenvalue weighted by molar-refractivity contribution is 0.0141. The van der Waals surface area contributed by atoms with E-state index in [1.165, 1.54) is 10.4 Å². The third-order valence-corrected chi connectivity index (χ3v) is 11.2. The van der Waals surface area contributed by atoms with E-state index in [1.807, 2.05) is 32.9 Å². The predicted molar refractivity (Wildman–Crippen MR) is 137 cm³/mol. The molecule has 0 unspecified atom stereocenters. The van der Waals surface area contributed by atoms with Gasteiger partial charge in [-0.15, -0.1) is 6.42 Å². The van der Waals surface area contributed by atoms with Gasteiger partial charge in [0.15, 0.2) is 0 Å². The highest BCUT2D eigenvalue weighted by molar-refractivity contribution is 6.99. The van der Waals surface area contributed by atoms with Gasteiger partial charge in [0.1, 0.15) is 5.60 Å². The molecule has 0 spiro atoms. The first-order valence-corrected chi connectivity index (χ1v) is 13.6. The molecule has 1 saturated heterocycles. The molecule has 0 saturated carbocycles. The fourth-order valence-electron chi connectivity index (χ4n) is 4.78. The standard InChI is InChI=1S/C28H37NO3Si/c1-8-22-19-20-23(29(22)26(30)32-27(2,3)4)21-31-33(28(5,6)7,24-15-11-9-12-16-24)25-17-13-10-14-18-25/h1,9-18,22-23H,19-21H2,2-7H3/t22-,23+/m0/s1. The Morgan fingerprint density at radius 3 is 1.91 bits per heavy atom. The van der Waals surface area contributed by atoms with Crippen molar-refractivity contribution in [2.45, 2.75) is 77.1 Å². The second-order valence-electron chi connectivity index (χ2n) is 10.8. The van der Waals surface area contributed by atoms with E-state index in [0.717, 1.165) is 12.8 Å². The van der Waals surface area contributed by atoms with Crippen molar-refractivity contribution >= 4 is 24.8 Å². The normalized spacial score (nSPS) is 19.2. The molecule has 3 rings (SSSR count). The van der Waals surface area contributed by atoms with E-state index in [9.17, 15) is 4.79 Å². The van der Waals surface area contributed by atoms with Crippen LogP contribution in [0.2, 0.25) is 5.04 Å². The van der Waals surface area contributed by atoms with Crippen molar-refractivity contribution in [3.8, 4) is 12.3 Å². The predicted octanol–water partition coefficient (Wildman–Crippen LogP) is 4.96. The molecule has 1 fully saturated rings. The number of likely N-dealkylation sites (tertiary alicyclic amines) is 1. The maximum absolute atomic E-state index is 13.1. The molecule has 0 aromatic heterocycles. The number of terminal acetylenes is 1. The topological polar surface area (TPSA) is 38.8 Å². The van der Waals surface area contributed by atoms with Crippen molar-refractivity contribution in [3.63, 3.8) is 0 Å². The van der Waals surface area contributed by atoms with Gasteiger partial charge in [-0.2, -0.15) is 0 Å². The second kappa shape index (κ2) is 9.75. The first-order valence-electron chi connectivity index (χ1n) is 11.7. The van der Waals surface area contributed by atoms with Gasteiger partial charge < -0.3 is 9.16 Å². The van der Waals surface area contributed by atoms with Gasteiger partial charge >= 0.3 is 6.09 Å². The minimum Gasteiger partial charge on any atom is -0.444 e. The summed E-state index contributed by atoms with van der Waals surface area (Å²) in [5.74, 6) is 2.78. The lowest BCUT2D eigenvalue weighted by atomic mass is 10.2. The van der Waals surface area contributed by atoms with Crippen LogP contribution in [-0.2, 0) is 9.16 Å². The molecule has 5 heteroatoms. The molecule has 0 bridgehead atoms. The van der Waals surface area contributed by atoms with Gasteiger partial charge in [0, 0.05) is 0 Å². The number of rotatable bonds is 5. The fourth-order valence-corrected chi connectivity index (χ4v) is 9.38. The van der Waals surface area contributed by atoms with E-state index in [-0.39, 0.29) is 23.2 Å². The quantitative estimate of drug-likeness (QED) is 0.464. The highest BCUT2D eigenvalue weighted by atomic mass is 28.4. The van der Waals surface area contributed by atoms with Gasteiger partial charge in [0.2, 0.25) is 0 Å². The van der Waals surface area contributed by atoms with Gasteiger partial charge in [-0.3, -0.25) is 4.90 Å². The molecule has 1 aliphatic rings. The summed E-state index contributed by atoms with van der Waals surface area (Å²) >= 11 is 0. The molecule has 2 aromatic rings. The van der Waals surface area contributed by atoms with Gasteiger partial charge in [0.25, 0.3) is 8.32 Å². The van der Waals surface area contributed by atoms with E-state index >= 15 is 0 Å². The van der Waals surface area contributed by atoms with Gasteiger partial charge in [-0.1, -0.05) is 87.4 Å². The number of hydrogen-bond acceptors (Lipinski definition) is 3. The summed E-state index contributed by atoms with van der Waals surface area (Å²) in [4.78, 5) is 14.8. The molecule has 33 heavy (non-hydrogen) atoms. The van der Waals surface area contributed by atoms with Crippen LogP contribution in [0.3, 0.4) is 0 Å². The molecule has 0 radical (unpaired) electrons. The Bertz CT molecular complexity index is 931. The number of carbonyl (C=O) groups is 1. The molecule has 2 aromatic carbocycles. The smallest absolute Gasteiger partial charge is 0.411 e. The molecule has 0 N–H and O–H groups in total. The summed E-state index contributed by atoms with van der Waals surface area (Å²) in [5, 5.41) is 2.31. The zero-order valence-corrected chi connectivity index (χ0v) is 21.8. The Labute approximate surface area is 200 Å². The Hall–Kier alpha value is -2.55. The number of nitrogens with zero attached hydrogens (tertiary/aromatic N) is 1. The van der Waals surface area contributed by atoms with Crippen LogP contribution in [-0.4, -0.2) is 43.6 Å². The second-order valence-corrected chi connectivity index (χ2v) is 15.1. The van der Waals surface area contributed by atoms with Gasteiger partial charge in [-0.05, 0) is 49.0 Å². The number of hydrogen-bond donors (Lipinski definition) is 0. The molecule has 176 valence electrons. The van der Waals surface area contributed by atoms with Crippen LogP contribution in [0.15, 0.2) is 60.7 Å². The first kappa shape index (κ1) is 25.1. The SMILES string of the molecule is C#C[C@H]1CC[C@H](CO[Si](c2ccccc2)(c2ccccc2)C(C)(C)C)N1C(=O)OC(C)(C)C. The minimum absolute atomic E-state index is 0.123. The van der Waals surface area contributed by atoms with Crippen LogP contribution in [0.4, 0.5) is 4.79 Å². The lowest BCUT2D eigenvalue weighted by Gasteiger charge is -2.44. The van der Waals surface area contributed by atoms with Crippen molar-refractivity contribution in [1.82, 2.24) is 4.90 Å². The summed E-state index contributed by atoms with van der Waals surface area (Å²) in [6.07, 6.45) is 6.98. The van der Waals surface area contributed by atoms with Gasteiger partial charge in [0.05, 0.1) is 18.7 Å². The van der Waals surface area contributed by atoms with E-state index < -0.39 is 13.9 Å². The third kappa shape index (κ3) is 5.34. The monoisotopic (exact) mass is 463 g/mol. The molecule has 0 aliphatic carbocycles. The van der Waals surface area contributed by atoms with Crippen molar-refractivity contribution in [3.05, 3.63) is 60.7 Å². The van der Waals surface area contributed by atoms with Crippen molar-refractivity contribution in [1.29, 1.82) is 0 Å². The molecular weight excluding hydrogens is 426 g/mol. The third-order valence-electron chi connectivity index (χ3n) is 6.21. The fraction of sp³-hybridized carbons (Fsp3) is 0.464. The average molecular weight is 464 g/mol. The maximum Gasteiger partial charge on any atom is 0.411 e. The van der Waals surface area contributed by atoms with Crippen molar-refractivity contribution in [2.24, 2.45) is 0 Å². The maximum atomic E-state index is 13.1. The summed E-state index contributed by atoms with van der Waals surface area (Å²) in [5.41, 5.74) is -0.581. The Balaban J connectivity index is 1.99. The Kier molecular flexibility index (Phi) is 7.41. The summed E-state index contributed by atoms with van der Waals surface area (Å²) < 4.78 is 12.8. The van der Waals surface area contributed by atoms with Crippen LogP contribution in [0.1, 0.15) is 54.4 Å². The molecular formula is C28H37NO3Si. The number of benzene rings is 2. The van der Waals surface area contributed by atoms with Gasteiger partial charge in [-0.25, -0.2) is 4.79 Å². The largest absolute Gasteiger partial charge is 0.444 e. The minimum atomic E-state index is -2.69. The first-order chi connectivity index (χ1) is 15.5. The van der Waals surface area contributed by atoms with E-state index in [0.29, 0.717) is 6.61 Å². The summed E-state index contributed by atoms with van der Waals surface area (Å²) in [7, 11) is -2.69. The van der Waals surface area contributed by atoms with E-state index in [1.54, 1.807) is 4.90 Å². The molecule has 2 atom stereocenters. The summed E-state index contributed by atoms with van der Waals surface area (Å²) in [6, 6.07) is 20.7. The highest BCUT2D eigenvalue weighted by Crippen LogP contribution is 2.38. The van der Waals surface area contributed by atoms with Crippen molar-refractivity contribution < 1.29 is 14.0 Å². The molecule has 1 aliphatic heterocycles. The van der Waals surface area contributed by atoms with E-state index in [4.69, 9.17) is 15.6 Å². The average Bonchev–Trinajstić information content (AvgIpc) is 3.17. The molecule has 1 amide bonds. The number of carbonyl (C=O) groups excluding carboxylic acids is 1. The lowest BCUT2D eigenvalue weighted by Crippen LogP contribution is -2.67. The van der Waals surface area contributed by atoms with Crippen molar-refractivity contribution in [2.75, 3.05) is 6.61 Å². The van der Waals surface area contributed by atoms with Crippen LogP contribution in [0.5, 0.6) is 0 Å². The molecule has 4 nitrogen and oxygen atoms in total. The number of ether oxygens (including phenoxy) is 1.